The van der Waals surface area contributed by atoms with Crippen molar-refractivity contribution in [3.8, 4) is 11.5 Å². The van der Waals surface area contributed by atoms with E-state index in [1.54, 1.807) is 6.07 Å². The monoisotopic (exact) mass is 492 g/mol. The number of carbonyl (C=O) groups is 3. The smallest absolute Gasteiger partial charge is 0.417 e. The summed E-state index contributed by atoms with van der Waals surface area (Å²) >= 11 is 5.54. The Bertz CT molecular complexity index is 1230. The minimum atomic E-state index is -4.72. The number of halogens is 4. The minimum absolute atomic E-state index is 0.165. The molecule has 0 aliphatic heterocycles. The molecule has 3 amide bonds. The molecule has 1 aromatic heterocycles. The summed E-state index contributed by atoms with van der Waals surface area (Å²) in [5.74, 6) is -1.92. The molecule has 0 aliphatic carbocycles. The van der Waals surface area contributed by atoms with Crippen LogP contribution in [0.5, 0.6) is 11.5 Å². The lowest BCUT2D eigenvalue weighted by molar-refractivity contribution is -0.137. The summed E-state index contributed by atoms with van der Waals surface area (Å²) in [6, 6.07) is 11.6. The fraction of sp³-hybridized carbons (Fsp3) is 0.0909. The van der Waals surface area contributed by atoms with Gasteiger partial charge in [-0.1, -0.05) is 11.6 Å². The van der Waals surface area contributed by atoms with Crippen molar-refractivity contribution in [2.45, 2.75) is 6.18 Å². The third kappa shape index (κ3) is 6.23. The first-order valence-electron chi connectivity index (χ1n) is 9.52. The van der Waals surface area contributed by atoms with E-state index in [-0.39, 0.29) is 23.0 Å². The maximum Gasteiger partial charge on any atom is 0.417 e. The third-order valence-corrected chi connectivity index (χ3v) is 4.60. The van der Waals surface area contributed by atoms with E-state index in [2.05, 4.69) is 20.9 Å². The molecule has 0 aliphatic rings. The van der Waals surface area contributed by atoms with Crippen LogP contribution in [0.2, 0.25) is 5.02 Å². The van der Waals surface area contributed by atoms with Crippen molar-refractivity contribution in [1.82, 2.24) is 10.3 Å². The van der Waals surface area contributed by atoms with Crippen LogP contribution in [0.1, 0.15) is 16.1 Å². The summed E-state index contributed by atoms with van der Waals surface area (Å²) in [6.45, 7) is 0. The molecule has 0 saturated heterocycles. The van der Waals surface area contributed by atoms with Crippen LogP contribution < -0.4 is 20.7 Å². The van der Waals surface area contributed by atoms with E-state index in [1.165, 1.54) is 43.6 Å². The molecule has 2 aromatic carbocycles. The number of nitrogens with one attached hydrogen (secondary N) is 3. The number of alkyl halides is 3. The zero-order valence-corrected chi connectivity index (χ0v) is 18.1. The van der Waals surface area contributed by atoms with Gasteiger partial charge in [-0.15, -0.1) is 0 Å². The van der Waals surface area contributed by atoms with E-state index in [0.29, 0.717) is 17.6 Å². The van der Waals surface area contributed by atoms with Crippen molar-refractivity contribution in [2.24, 2.45) is 0 Å². The van der Waals surface area contributed by atoms with Gasteiger partial charge in [-0.2, -0.15) is 13.2 Å². The lowest BCUT2D eigenvalue weighted by atomic mass is 10.2. The van der Waals surface area contributed by atoms with Crippen LogP contribution in [0, 0.1) is 0 Å². The molecule has 0 radical (unpaired) electrons. The summed E-state index contributed by atoms with van der Waals surface area (Å²) in [5.41, 5.74) is -0.980. The Balaban J connectivity index is 1.62. The Kier molecular flexibility index (Phi) is 7.37. The summed E-state index contributed by atoms with van der Waals surface area (Å²) in [5, 5.41) is 6.33. The van der Waals surface area contributed by atoms with Gasteiger partial charge in [0.05, 0.1) is 10.6 Å². The first-order chi connectivity index (χ1) is 16.1. The van der Waals surface area contributed by atoms with Crippen molar-refractivity contribution in [3.63, 3.8) is 0 Å². The van der Waals surface area contributed by atoms with Gasteiger partial charge in [0.2, 0.25) is 0 Å². The average molecular weight is 493 g/mol. The maximum absolute atomic E-state index is 12.9. The van der Waals surface area contributed by atoms with Crippen molar-refractivity contribution in [3.05, 3.63) is 77.1 Å². The predicted molar refractivity (Wildman–Crippen MR) is 118 cm³/mol. The van der Waals surface area contributed by atoms with Gasteiger partial charge in [-0.25, -0.2) is 0 Å². The Morgan fingerprint density at radius 3 is 2.12 bits per heavy atom. The highest BCUT2D eigenvalue weighted by Crippen LogP contribution is 2.36. The zero-order chi connectivity index (χ0) is 24.9. The van der Waals surface area contributed by atoms with Crippen LogP contribution in [-0.2, 0) is 15.8 Å². The SMILES string of the molecule is CNC(=O)c1cc(Oc2ccc(NC(=O)C(=O)Nc3ccc(Cl)c(C(F)(F)F)c3)cc2)ccn1. The lowest BCUT2D eigenvalue weighted by Gasteiger charge is -2.12. The highest BCUT2D eigenvalue weighted by atomic mass is 35.5. The van der Waals surface area contributed by atoms with E-state index < -0.39 is 28.6 Å². The third-order valence-electron chi connectivity index (χ3n) is 4.27. The molecule has 3 rings (SSSR count). The van der Waals surface area contributed by atoms with Crippen molar-refractivity contribution in [2.75, 3.05) is 17.7 Å². The molecular weight excluding hydrogens is 477 g/mol. The topological polar surface area (TPSA) is 109 Å². The number of aromatic nitrogens is 1. The molecule has 8 nitrogen and oxygen atoms in total. The van der Waals surface area contributed by atoms with Crippen LogP contribution >= 0.6 is 11.6 Å². The van der Waals surface area contributed by atoms with Crippen LogP contribution in [-0.4, -0.2) is 29.8 Å². The number of hydrogen-bond acceptors (Lipinski definition) is 5. The highest BCUT2D eigenvalue weighted by Gasteiger charge is 2.33. The molecule has 0 fully saturated rings. The molecule has 34 heavy (non-hydrogen) atoms. The Labute approximate surface area is 196 Å². The van der Waals surface area contributed by atoms with Crippen LogP contribution in [0.4, 0.5) is 24.5 Å². The largest absolute Gasteiger partial charge is 0.457 e. The van der Waals surface area contributed by atoms with E-state index in [9.17, 15) is 27.6 Å². The molecule has 0 saturated carbocycles. The fourth-order valence-electron chi connectivity index (χ4n) is 2.67. The molecule has 12 heteroatoms. The van der Waals surface area contributed by atoms with Crippen LogP contribution in [0.3, 0.4) is 0 Å². The first-order valence-corrected chi connectivity index (χ1v) is 9.90. The van der Waals surface area contributed by atoms with Gasteiger partial charge in [0.1, 0.15) is 17.2 Å². The number of carbonyl (C=O) groups excluding carboxylic acids is 3. The van der Waals surface area contributed by atoms with E-state index in [0.717, 1.165) is 12.1 Å². The number of benzene rings is 2. The van der Waals surface area contributed by atoms with Crippen molar-refractivity contribution >= 4 is 40.7 Å². The molecule has 0 unspecified atom stereocenters. The van der Waals surface area contributed by atoms with Crippen molar-refractivity contribution < 1.29 is 32.3 Å². The number of hydrogen-bond donors (Lipinski definition) is 3. The maximum atomic E-state index is 12.9. The zero-order valence-electron chi connectivity index (χ0n) is 17.4. The van der Waals surface area contributed by atoms with Crippen LogP contribution in [0.15, 0.2) is 60.8 Å². The number of pyridine rings is 1. The molecule has 0 bridgehead atoms. The van der Waals surface area contributed by atoms with E-state index in [4.69, 9.17) is 16.3 Å². The summed E-state index contributed by atoms with van der Waals surface area (Å²) in [7, 11) is 1.47. The Hall–Kier alpha value is -4.12. The molecule has 1 heterocycles. The van der Waals surface area contributed by atoms with Gasteiger partial charge in [0, 0.05) is 30.7 Å². The van der Waals surface area contributed by atoms with Gasteiger partial charge >= 0.3 is 18.0 Å². The van der Waals surface area contributed by atoms with Gasteiger partial charge in [0.25, 0.3) is 5.91 Å². The second-order valence-electron chi connectivity index (χ2n) is 6.68. The first kappa shape index (κ1) is 24.5. The normalized spacial score (nSPS) is 10.9. The Morgan fingerprint density at radius 1 is 0.882 bits per heavy atom. The summed E-state index contributed by atoms with van der Waals surface area (Å²) in [4.78, 5) is 39.8. The number of nitrogens with zero attached hydrogens (tertiary/aromatic N) is 1. The molecule has 3 N–H and O–H groups in total. The van der Waals surface area contributed by atoms with Gasteiger partial charge < -0.3 is 20.7 Å². The van der Waals surface area contributed by atoms with Crippen LogP contribution in [0.25, 0.3) is 0 Å². The van der Waals surface area contributed by atoms with Gasteiger partial charge in [0.15, 0.2) is 0 Å². The summed E-state index contributed by atoms with van der Waals surface area (Å²) in [6.07, 6.45) is -3.31. The second kappa shape index (κ2) is 10.2. The quantitative estimate of drug-likeness (QED) is 0.455. The van der Waals surface area contributed by atoms with Gasteiger partial charge in [-0.3, -0.25) is 19.4 Å². The fourth-order valence-corrected chi connectivity index (χ4v) is 2.89. The molecular formula is C22H16ClF3N4O4. The predicted octanol–water partition coefficient (Wildman–Crippen LogP) is 4.48. The van der Waals surface area contributed by atoms with E-state index >= 15 is 0 Å². The Morgan fingerprint density at radius 2 is 1.50 bits per heavy atom. The molecule has 3 aromatic rings. The lowest BCUT2D eigenvalue weighted by Crippen LogP contribution is -2.29. The van der Waals surface area contributed by atoms with E-state index in [1.807, 2.05) is 0 Å². The second-order valence-corrected chi connectivity index (χ2v) is 7.09. The van der Waals surface area contributed by atoms with Crippen molar-refractivity contribution in [1.29, 1.82) is 0 Å². The van der Waals surface area contributed by atoms with Gasteiger partial charge in [-0.05, 0) is 48.5 Å². The average Bonchev–Trinajstić information content (AvgIpc) is 2.80. The number of ether oxygens (including phenoxy) is 1. The number of rotatable bonds is 5. The standard InChI is InChI=1S/C22H16ClF3N4O4/c1-27-19(31)18-11-15(8-9-28-18)34-14-5-2-12(3-6-14)29-20(32)21(33)30-13-4-7-17(23)16(10-13)22(24,25)26/h2-11H,1H3,(H,27,31)(H,29,32)(H,30,33). The minimum Gasteiger partial charge on any atom is -0.457 e. The number of amides is 3. The molecule has 0 spiro atoms. The highest BCUT2D eigenvalue weighted by molar-refractivity contribution is 6.43. The molecule has 176 valence electrons. The number of anilines is 2. The molecule has 0 atom stereocenters. The summed E-state index contributed by atoms with van der Waals surface area (Å²) < 4.78 is 44.5.